The predicted molar refractivity (Wildman–Crippen MR) is 88.7 cm³/mol. The van der Waals surface area contributed by atoms with Crippen LogP contribution in [0, 0.1) is 0 Å². The minimum absolute atomic E-state index is 0.209. The molecule has 0 bridgehead atoms. The Kier molecular flexibility index (Phi) is 4.89. The normalized spacial score (nSPS) is 13.4. The number of nitrogens with one attached hydrogen (secondary N) is 1. The van der Waals surface area contributed by atoms with Crippen molar-refractivity contribution in [1.29, 1.82) is 0 Å². The van der Waals surface area contributed by atoms with Crippen LogP contribution >= 0.6 is 0 Å². The third-order valence-corrected chi connectivity index (χ3v) is 4.08. The first kappa shape index (κ1) is 15.8. The smallest absolute Gasteiger partial charge is 0.108 e. The molecular weight excluding hydrogens is 258 g/mol. The SMILES string of the molecule is CCc1occc1C(Cc1ccc(C(C)(C)C)cc1)NC. The molecule has 2 nitrogen and oxygen atoms in total. The van der Waals surface area contributed by atoms with Crippen molar-refractivity contribution in [2.75, 3.05) is 7.05 Å². The first-order valence-corrected chi connectivity index (χ1v) is 7.78. The van der Waals surface area contributed by atoms with E-state index in [1.807, 2.05) is 7.05 Å². The van der Waals surface area contributed by atoms with Crippen molar-refractivity contribution < 1.29 is 4.42 Å². The minimum Gasteiger partial charge on any atom is -0.469 e. The van der Waals surface area contributed by atoms with E-state index in [0.717, 1.165) is 18.6 Å². The molecule has 1 N–H and O–H groups in total. The van der Waals surface area contributed by atoms with E-state index in [1.54, 1.807) is 6.26 Å². The number of furan rings is 1. The lowest BCUT2D eigenvalue weighted by Crippen LogP contribution is -2.19. The van der Waals surface area contributed by atoms with Gasteiger partial charge in [0.25, 0.3) is 0 Å². The molecule has 1 aromatic heterocycles. The lowest BCUT2D eigenvalue weighted by Gasteiger charge is -2.20. The summed E-state index contributed by atoms with van der Waals surface area (Å²) in [5.41, 5.74) is 4.22. The second-order valence-corrected chi connectivity index (χ2v) is 6.64. The van der Waals surface area contributed by atoms with Crippen LogP contribution in [0.1, 0.15) is 56.2 Å². The van der Waals surface area contributed by atoms with Gasteiger partial charge >= 0.3 is 0 Å². The van der Waals surface area contributed by atoms with E-state index in [9.17, 15) is 0 Å². The lowest BCUT2D eigenvalue weighted by molar-refractivity contribution is 0.495. The Bertz CT molecular complexity index is 560. The zero-order valence-electron chi connectivity index (χ0n) is 13.9. The third kappa shape index (κ3) is 3.76. The van der Waals surface area contributed by atoms with Crippen molar-refractivity contribution in [1.82, 2.24) is 5.32 Å². The van der Waals surface area contributed by atoms with Gasteiger partial charge in [-0.2, -0.15) is 0 Å². The summed E-state index contributed by atoms with van der Waals surface area (Å²) in [4.78, 5) is 0. The fourth-order valence-electron chi connectivity index (χ4n) is 2.69. The molecule has 2 aromatic rings. The van der Waals surface area contributed by atoms with Crippen molar-refractivity contribution >= 4 is 0 Å². The summed E-state index contributed by atoms with van der Waals surface area (Å²) in [5, 5.41) is 3.41. The topological polar surface area (TPSA) is 25.2 Å². The summed E-state index contributed by atoms with van der Waals surface area (Å²) >= 11 is 0. The Labute approximate surface area is 128 Å². The van der Waals surface area contributed by atoms with Gasteiger partial charge in [-0.05, 0) is 36.1 Å². The average molecular weight is 285 g/mol. The van der Waals surface area contributed by atoms with Gasteiger partial charge in [-0.3, -0.25) is 0 Å². The molecule has 1 aromatic carbocycles. The number of benzene rings is 1. The molecule has 0 saturated heterocycles. The van der Waals surface area contributed by atoms with Gasteiger partial charge in [0.2, 0.25) is 0 Å². The lowest BCUT2D eigenvalue weighted by atomic mass is 9.86. The molecule has 114 valence electrons. The highest BCUT2D eigenvalue weighted by Gasteiger charge is 2.17. The van der Waals surface area contributed by atoms with Crippen LogP contribution in [0.2, 0.25) is 0 Å². The maximum absolute atomic E-state index is 5.56. The Hall–Kier alpha value is -1.54. The molecular formula is C19H27NO. The van der Waals surface area contributed by atoms with Crippen LogP contribution in [0.25, 0.3) is 0 Å². The van der Waals surface area contributed by atoms with E-state index < -0.39 is 0 Å². The Balaban J connectivity index is 2.16. The first-order chi connectivity index (χ1) is 9.95. The van der Waals surface area contributed by atoms with E-state index in [4.69, 9.17) is 4.42 Å². The van der Waals surface area contributed by atoms with Crippen LogP contribution in [0.3, 0.4) is 0 Å². The molecule has 2 rings (SSSR count). The van der Waals surface area contributed by atoms with E-state index in [1.165, 1.54) is 16.7 Å². The van der Waals surface area contributed by atoms with Crippen molar-refractivity contribution in [3.8, 4) is 0 Å². The number of likely N-dealkylation sites (N-methyl/N-ethyl adjacent to an activating group) is 1. The van der Waals surface area contributed by atoms with Crippen molar-refractivity contribution in [2.45, 2.75) is 52.0 Å². The molecule has 0 amide bonds. The number of aryl methyl sites for hydroxylation is 1. The van der Waals surface area contributed by atoms with Crippen LogP contribution in [0.4, 0.5) is 0 Å². The first-order valence-electron chi connectivity index (χ1n) is 7.78. The molecule has 0 aliphatic rings. The number of hydrogen-bond acceptors (Lipinski definition) is 2. The monoisotopic (exact) mass is 285 g/mol. The molecule has 1 heterocycles. The average Bonchev–Trinajstić information content (AvgIpc) is 2.92. The fourth-order valence-corrected chi connectivity index (χ4v) is 2.69. The van der Waals surface area contributed by atoms with Crippen LogP contribution in [0.15, 0.2) is 41.0 Å². The summed E-state index contributed by atoms with van der Waals surface area (Å²) in [6.07, 6.45) is 3.71. The van der Waals surface area contributed by atoms with Gasteiger partial charge in [-0.25, -0.2) is 0 Å². The standard InChI is InChI=1S/C19H27NO/c1-6-18-16(11-12-21-18)17(20-5)13-14-7-9-15(10-8-14)19(2,3)4/h7-12,17,20H,6,13H2,1-5H3. The van der Waals surface area contributed by atoms with Gasteiger partial charge in [0.15, 0.2) is 0 Å². The quantitative estimate of drug-likeness (QED) is 0.865. The van der Waals surface area contributed by atoms with Crippen molar-refractivity contribution in [3.05, 3.63) is 59.0 Å². The van der Waals surface area contributed by atoms with E-state index in [2.05, 4.69) is 63.3 Å². The number of rotatable bonds is 5. The van der Waals surface area contributed by atoms with Gasteiger partial charge in [-0.1, -0.05) is 52.0 Å². The second-order valence-electron chi connectivity index (χ2n) is 6.64. The van der Waals surface area contributed by atoms with Gasteiger partial charge in [0, 0.05) is 18.0 Å². The highest BCUT2D eigenvalue weighted by atomic mass is 16.3. The van der Waals surface area contributed by atoms with Crippen LogP contribution in [-0.4, -0.2) is 7.05 Å². The Morgan fingerprint density at radius 3 is 2.29 bits per heavy atom. The summed E-state index contributed by atoms with van der Waals surface area (Å²) in [5.74, 6) is 1.08. The summed E-state index contributed by atoms with van der Waals surface area (Å²) in [7, 11) is 2.01. The summed E-state index contributed by atoms with van der Waals surface area (Å²) < 4.78 is 5.56. The van der Waals surface area contributed by atoms with Gasteiger partial charge in [0.05, 0.1) is 6.26 Å². The fraction of sp³-hybridized carbons (Fsp3) is 0.474. The van der Waals surface area contributed by atoms with E-state index in [0.29, 0.717) is 6.04 Å². The molecule has 0 aliphatic carbocycles. The maximum Gasteiger partial charge on any atom is 0.108 e. The van der Waals surface area contributed by atoms with E-state index >= 15 is 0 Å². The highest BCUT2D eigenvalue weighted by Crippen LogP contribution is 2.26. The zero-order chi connectivity index (χ0) is 15.5. The second kappa shape index (κ2) is 6.48. The molecule has 0 spiro atoms. The zero-order valence-corrected chi connectivity index (χ0v) is 13.9. The molecule has 1 atom stereocenters. The Morgan fingerprint density at radius 1 is 1.10 bits per heavy atom. The molecule has 1 unspecified atom stereocenters. The summed E-state index contributed by atoms with van der Waals surface area (Å²) in [6, 6.07) is 11.4. The molecule has 0 saturated carbocycles. The molecule has 0 aliphatic heterocycles. The molecule has 0 radical (unpaired) electrons. The molecule has 0 fully saturated rings. The van der Waals surface area contributed by atoms with E-state index in [-0.39, 0.29) is 5.41 Å². The van der Waals surface area contributed by atoms with Crippen LogP contribution in [-0.2, 0) is 18.3 Å². The predicted octanol–water partition coefficient (Wildman–Crippen LogP) is 4.64. The van der Waals surface area contributed by atoms with Crippen LogP contribution in [0.5, 0.6) is 0 Å². The van der Waals surface area contributed by atoms with Crippen LogP contribution < -0.4 is 5.32 Å². The van der Waals surface area contributed by atoms with Crippen molar-refractivity contribution in [2.24, 2.45) is 0 Å². The minimum atomic E-state index is 0.209. The molecule has 2 heteroatoms. The Morgan fingerprint density at radius 2 is 1.76 bits per heavy atom. The van der Waals surface area contributed by atoms with Gasteiger partial charge in [-0.15, -0.1) is 0 Å². The maximum atomic E-state index is 5.56. The summed E-state index contributed by atoms with van der Waals surface area (Å²) in [6.45, 7) is 8.87. The van der Waals surface area contributed by atoms with Gasteiger partial charge in [0.1, 0.15) is 5.76 Å². The number of hydrogen-bond donors (Lipinski definition) is 1. The highest BCUT2D eigenvalue weighted by molar-refractivity contribution is 5.30. The molecule has 21 heavy (non-hydrogen) atoms. The van der Waals surface area contributed by atoms with Crippen molar-refractivity contribution in [3.63, 3.8) is 0 Å². The third-order valence-electron chi connectivity index (χ3n) is 4.08. The largest absolute Gasteiger partial charge is 0.469 e. The van der Waals surface area contributed by atoms with Gasteiger partial charge < -0.3 is 9.73 Å².